The van der Waals surface area contributed by atoms with E-state index in [1.165, 1.54) is 77.0 Å². The Balaban J connectivity index is 1.64. The Hall–Kier alpha value is -0.0800. The zero-order valence-electron chi connectivity index (χ0n) is 14.4. The predicted octanol–water partition coefficient (Wildman–Crippen LogP) is 5.23. The van der Waals surface area contributed by atoms with Gasteiger partial charge >= 0.3 is 0 Å². The SMILES string of the molecule is OC(CC1CCCCC1)(CC1CCCCC1)C1CCCCO1. The molecule has 2 saturated carbocycles. The second kappa shape index (κ2) is 8.15. The number of hydrogen-bond acceptors (Lipinski definition) is 2. The van der Waals surface area contributed by atoms with Crippen molar-refractivity contribution in [1.82, 2.24) is 0 Å². The lowest BCUT2D eigenvalue weighted by atomic mass is 9.71. The molecule has 0 amide bonds. The minimum absolute atomic E-state index is 0.116. The van der Waals surface area contributed by atoms with E-state index in [-0.39, 0.29) is 6.10 Å². The fourth-order valence-corrected chi connectivity index (χ4v) is 5.29. The maximum atomic E-state index is 11.6. The zero-order valence-corrected chi connectivity index (χ0v) is 14.4. The average molecular weight is 309 g/mol. The summed E-state index contributed by atoms with van der Waals surface area (Å²) in [7, 11) is 0. The summed E-state index contributed by atoms with van der Waals surface area (Å²) in [5.74, 6) is 1.49. The van der Waals surface area contributed by atoms with Crippen LogP contribution >= 0.6 is 0 Å². The highest BCUT2D eigenvalue weighted by Gasteiger charge is 2.42. The van der Waals surface area contributed by atoms with Gasteiger partial charge in [-0.15, -0.1) is 0 Å². The molecular formula is C20H36O2. The van der Waals surface area contributed by atoms with Crippen molar-refractivity contribution in [2.45, 2.75) is 108 Å². The Kier molecular flexibility index (Phi) is 6.21. The summed E-state index contributed by atoms with van der Waals surface area (Å²) >= 11 is 0. The van der Waals surface area contributed by atoms with Crippen LogP contribution in [0.2, 0.25) is 0 Å². The monoisotopic (exact) mass is 308 g/mol. The van der Waals surface area contributed by atoms with Crippen LogP contribution in [-0.2, 0) is 4.74 Å². The molecule has 0 aromatic carbocycles. The average Bonchev–Trinajstić information content (AvgIpc) is 2.57. The molecule has 1 heterocycles. The van der Waals surface area contributed by atoms with Crippen LogP contribution in [0.25, 0.3) is 0 Å². The van der Waals surface area contributed by atoms with Gasteiger partial charge in [-0.2, -0.15) is 0 Å². The summed E-state index contributed by atoms with van der Waals surface area (Å²) in [6.45, 7) is 0.863. The molecule has 1 atom stereocenters. The van der Waals surface area contributed by atoms with E-state index in [1.807, 2.05) is 0 Å². The molecule has 2 aliphatic carbocycles. The molecule has 0 aromatic heterocycles. The van der Waals surface area contributed by atoms with E-state index in [4.69, 9.17) is 4.74 Å². The molecule has 1 saturated heterocycles. The van der Waals surface area contributed by atoms with Gasteiger partial charge in [-0.3, -0.25) is 0 Å². The first-order valence-electron chi connectivity index (χ1n) is 10.1. The van der Waals surface area contributed by atoms with Crippen LogP contribution < -0.4 is 0 Å². The predicted molar refractivity (Wildman–Crippen MR) is 90.9 cm³/mol. The first-order chi connectivity index (χ1) is 10.8. The van der Waals surface area contributed by atoms with Gasteiger partial charge in [-0.1, -0.05) is 64.2 Å². The van der Waals surface area contributed by atoms with Crippen LogP contribution in [0.15, 0.2) is 0 Å². The fourth-order valence-electron chi connectivity index (χ4n) is 5.29. The zero-order chi connectivity index (χ0) is 15.3. The molecule has 3 aliphatic rings. The summed E-state index contributed by atoms with van der Waals surface area (Å²) < 4.78 is 6.08. The molecule has 22 heavy (non-hydrogen) atoms. The van der Waals surface area contributed by atoms with E-state index in [0.717, 1.165) is 37.7 Å². The second-order valence-electron chi connectivity index (χ2n) is 8.38. The van der Waals surface area contributed by atoms with E-state index in [0.29, 0.717) is 0 Å². The Bertz CT molecular complexity index is 290. The first-order valence-corrected chi connectivity index (χ1v) is 10.1. The van der Waals surface area contributed by atoms with Crippen molar-refractivity contribution in [3.8, 4) is 0 Å². The Morgan fingerprint density at radius 3 is 1.64 bits per heavy atom. The second-order valence-corrected chi connectivity index (χ2v) is 8.38. The number of ether oxygens (including phenoxy) is 1. The van der Waals surface area contributed by atoms with Crippen molar-refractivity contribution in [3.63, 3.8) is 0 Å². The van der Waals surface area contributed by atoms with E-state index in [2.05, 4.69) is 0 Å². The van der Waals surface area contributed by atoms with Gasteiger partial charge in [0.05, 0.1) is 11.7 Å². The maximum Gasteiger partial charge on any atom is 0.0913 e. The van der Waals surface area contributed by atoms with E-state index >= 15 is 0 Å². The van der Waals surface area contributed by atoms with Crippen LogP contribution in [0.3, 0.4) is 0 Å². The normalized spacial score (nSPS) is 29.6. The van der Waals surface area contributed by atoms with Gasteiger partial charge in [0.15, 0.2) is 0 Å². The quantitative estimate of drug-likeness (QED) is 0.753. The molecule has 3 fully saturated rings. The van der Waals surface area contributed by atoms with Crippen molar-refractivity contribution < 1.29 is 9.84 Å². The maximum absolute atomic E-state index is 11.6. The molecule has 0 aromatic rings. The lowest BCUT2D eigenvalue weighted by molar-refractivity contribution is -0.149. The smallest absolute Gasteiger partial charge is 0.0913 e. The van der Waals surface area contributed by atoms with Crippen molar-refractivity contribution in [2.75, 3.05) is 6.61 Å². The van der Waals surface area contributed by atoms with Crippen molar-refractivity contribution in [3.05, 3.63) is 0 Å². The summed E-state index contributed by atoms with van der Waals surface area (Å²) in [6, 6.07) is 0. The number of aliphatic hydroxyl groups is 1. The number of rotatable bonds is 5. The standard InChI is InChI=1S/C20H36O2/c21-20(19-13-7-8-14-22-19,15-17-9-3-1-4-10-17)16-18-11-5-2-6-12-18/h17-19,21H,1-16H2. The van der Waals surface area contributed by atoms with Gasteiger partial charge in [0.2, 0.25) is 0 Å². The van der Waals surface area contributed by atoms with Gasteiger partial charge in [-0.05, 0) is 43.9 Å². The first kappa shape index (κ1) is 16.8. The molecule has 1 N–H and O–H groups in total. The van der Waals surface area contributed by atoms with Crippen molar-refractivity contribution in [2.24, 2.45) is 11.8 Å². The molecule has 0 radical (unpaired) electrons. The van der Waals surface area contributed by atoms with Crippen molar-refractivity contribution in [1.29, 1.82) is 0 Å². The van der Waals surface area contributed by atoms with Gasteiger partial charge in [0.25, 0.3) is 0 Å². The van der Waals surface area contributed by atoms with Crippen LogP contribution in [0.5, 0.6) is 0 Å². The molecule has 1 unspecified atom stereocenters. The van der Waals surface area contributed by atoms with Gasteiger partial charge in [-0.25, -0.2) is 0 Å². The highest BCUT2D eigenvalue weighted by atomic mass is 16.5. The van der Waals surface area contributed by atoms with E-state index < -0.39 is 5.60 Å². The highest BCUT2D eigenvalue weighted by molar-refractivity contribution is 4.93. The topological polar surface area (TPSA) is 29.5 Å². The lowest BCUT2D eigenvalue weighted by Gasteiger charge is -2.43. The molecule has 128 valence electrons. The Morgan fingerprint density at radius 2 is 1.18 bits per heavy atom. The molecule has 2 heteroatoms. The highest BCUT2D eigenvalue weighted by Crippen LogP contribution is 2.41. The summed E-state index contributed by atoms with van der Waals surface area (Å²) in [6.07, 6.45) is 19.2. The minimum atomic E-state index is -0.537. The molecule has 0 bridgehead atoms. The van der Waals surface area contributed by atoms with Gasteiger partial charge < -0.3 is 9.84 Å². The molecular weight excluding hydrogens is 272 g/mol. The van der Waals surface area contributed by atoms with Crippen LogP contribution in [0, 0.1) is 11.8 Å². The summed E-state index contributed by atoms with van der Waals surface area (Å²) in [4.78, 5) is 0. The summed E-state index contributed by atoms with van der Waals surface area (Å²) in [5.41, 5.74) is -0.537. The van der Waals surface area contributed by atoms with Crippen molar-refractivity contribution >= 4 is 0 Å². The third-order valence-electron chi connectivity index (χ3n) is 6.51. The minimum Gasteiger partial charge on any atom is -0.387 e. The van der Waals surface area contributed by atoms with E-state index in [1.54, 1.807) is 0 Å². The fraction of sp³-hybridized carbons (Fsp3) is 1.00. The Labute approximate surface area is 137 Å². The van der Waals surface area contributed by atoms with Crippen LogP contribution in [0.4, 0.5) is 0 Å². The van der Waals surface area contributed by atoms with Crippen LogP contribution in [-0.4, -0.2) is 23.4 Å². The van der Waals surface area contributed by atoms with Gasteiger partial charge in [0.1, 0.15) is 0 Å². The molecule has 0 spiro atoms. The van der Waals surface area contributed by atoms with Gasteiger partial charge in [0, 0.05) is 6.61 Å². The lowest BCUT2D eigenvalue weighted by Crippen LogP contribution is -2.48. The molecule has 1 aliphatic heterocycles. The third-order valence-corrected chi connectivity index (χ3v) is 6.51. The van der Waals surface area contributed by atoms with E-state index in [9.17, 15) is 5.11 Å². The number of hydrogen-bond donors (Lipinski definition) is 1. The largest absolute Gasteiger partial charge is 0.387 e. The molecule has 2 nitrogen and oxygen atoms in total. The van der Waals surface area contributed by atoms with Crippen LogP contribution in [0.1, 0.15) is 96.3 Å². The molecule has 3 rings (SSSR count). The third kappa shape index (κ3) is 4.47. The Morgan fingerprint density at radius 1 is 0.682 bits per heavy atom. The summed E-state index contributed by atoms with van der Waals surface area (Å²) in [5, 5.41) is 11.6.